The molecule has 8 heteroatoms. The van der Waals surface area contributed by atoms with Gasteiger partial charge in [0, 0.05) is 0 Å². The number of benzene rings is 1. The van der Waals surface area contributed by atoms with Crippen molar-refractivity contribution < 1.29 is 0 Å². The molecule has 116 valence electrons. The highest BCUT2D eigenvalue weighted by Crippen LogP contribution is 2.42. The third-order valence-corrected chi connectivity index (χ3v) is 5.89. The minimum Gasteiger partial charge on any atom is -0.390 e. The molecule has 4 rings (SSSR count). The van der Waals surface area contributed by atoms with Gasteiger partial charge in [-0.3, -0.25) is 0 Å². The molecule has 4 aromatic rings. The molecule has 0 spiro atoms. The fourth-order valence-electron chi connectivity index (χ4n) is 2.48. The molecule has 23 heavy (non-hydrogen) atoms. The van der Waals surface area contributed by atoms with Crippen molar-refractivity contribution in [1.82, 2.24) is 19.9 Å². The maximum atomic E-state index is 6.30. The summed E-state index contributed by atoms with van der Waals surface area (Å²) in [7, 11) is 0. The molecule has 1 aromatic carbocycles. The normalized spacial score (nSPS) is 11.6. The summed E-state index contributed by atoms with van der Waals surface area (Å²) in [5.74, 6) is 0.757. The summed E-state index contributed by atoms with van der Waals surface area (Å²) >= 11 is 4.66. The third-order valence-electron chi connectivity index (χ3n) is 3.51. The molecule has 0 fully saturated rings. The lowest BCUT2D eigenvalue weighted by Crippen LogP contribution is -1.91. The first-order chi connectivity index (χ1) is 11.2. The van der Waals surface area contributed by atoms with Crippen LogP contribution in [0, 0.1) is 0 Å². The molecule has 0 unspecified atom stereocenters. The Morgan fingerprint density at radius 1 is 1.09 bits per heavy atom. The number of nitrogens with zero attached hydrogens (tertiary/aromatic N) is 3. The molecular formula is C15H13N5S3. The van der Waals surface area contributed by atoms with Crippen LogP contribution in [0.3, 0.4) is 0 Å². The van der Waals surface area contributed by atoms with Gasteiger partial charge in [-0.1, -0.05) is 23.9 Å². The topological polar surface area (TPSA) is 80.5 Å². The Kier molecular flexibility index (Phi) is 3.67. The zero-order valence-corrected chi connectivity index (χ0v) is 14.9. The third kappa shape index (κ3) is 2.37. The van der Waals surface area contributed by atoms with Gasteiger partial charge in [0.2, 0.25) is 0 Å². The van der Waals surface area contributed by atoms with Gasteiger partial charge >= 0.3 is 0 Å². The molecule has 0 aliphatic rings. The Morgan fingerprint density at radius 2 is 1.91 bits per heavy atom. The molecule has 3 heterocycles. The lowest BCUT2D eigenvalue weighted by Gasteiger charge is -2.02. The second-order valence-corrected chi connectivity index (χ2v) is 7.46. The van der Waals surface area contributed by atoms with Crippen molar-refractivity contribution >= 4 is 61.1 Å². The van der Waals surface area contributed by atoms with E-state index in [1.54, 1.807) is 11.8 Å². The van der Waals surface area contributed by atoms with E-state index in [1.165, 1.54) is 23.1 Å². The predicted molar refractivity (Wildman–Crippen MR) is 100 cm³/mol. The molecule has 0 saturated heterocycles. The average molecular weight is 360 g/mol. The number of nitrogens with one attached hydrogen (secondary N) is 1. The van der Waals surface area contributed by atoms with Gasteiger partial charge in [-0.25, -0.2) is 15.0 Å². The van der Waals surface area contributed by atoms with E-state index < -0.39 is 0 Å². The molecule has 0 saturated carbocycles. The van der Waals surface area contributed by atoms with E-state index in [0.29, 0.717) is 5.00 Å². The van der Waals surface area contributed by atoms with Crippen molar-refractivity contribution in [1.29, 1.82) is 0 Å². The summed E-state index contributed by atoms with van der Waals surface area (Å²) in [6.45, 7) is 0. The second-order valence-electron chi connectivity index (χ2n) is 4.84. The van der Waals surface area contributed by atoms with Crippen LogP contribution in [-0.2, 0) is 0 Å². The Hall–Kier alpha value is -1.77. The first kappa shape index (κ1) is 14.8. The van der Waals surface area contributed by atoms with Crippen LogP contribution in [-0.4, -0.2) is 32.4 Å². The number of H-pyrrole nitrogens is 1. The molecule has 0 bridgehead atoms. The van der Waals surface area contributed by atoms with Crippen LogP contribution in [0.2, 0.25) is 0 Å². The van der Waals surface area contributed by atoms with Crippen LogP contribution in [0.4, 0.5) is 5.00 Å². The summed E-state index contributed by atoms with van der Waals surface area (Å²) in [4.78, 5) is 17.3. The van der Waals surface area contributed by atoms with Crippen LogP contribution in [0.15, 0.2) is 34.4 Å². The van der Waals surface area contributed by atoms with Gasteiger partial charge in [0.05, 0.1) is 31.8 Å². The van der Waals surface area contributed by atoms with Gasteiger partial charge in [-0.15, -0.1) is 23.1 Å². The SMILES string of the molecule is CSc1nc(SC)c2sc(N)c(-c3nc4ccccc4[nH]3)c2n1. The molecule has 3 aromatic heterocycles. The molecule has 0 amide bonds. The van der Waals surface area contributed by atoms with Crippen LogP contribution in [0.1, 0.15) is 0 Å². The predicted octanol–water partition coefficient (Wildman–Crippen LogP) is 4.26. The molecule has 0 aliphatic carbocycles. The number of thioether (sulfide) groups is 2. The van der Waals surface area contributed by atoms with Crippen LogP contribution >= 0.6 is 34.9 Å². The van der Waals surface area contributed by atoms with Crippen LogP contribution in [0.25, 0.3) is 32.6 Å². The van der Waals surface area contributed by atoms with E-state index in [0.717, 1.165) is 42.8 Å². The Labute approximate surface area is 145 Å². The number of hydrogen-bond donors (Lipinski definition) is 2. The van der Waals surface area contributed by atoms with Crippen LogP contribution < -0.4 is 5.73 Å². The van der Waals surface area contributed by atoms with E-state index in [9.17, 15) is 0 Å². The average Bonchev–Trinajstić information content (AvgIpc) is 3.13. The maximum absolute atomic E-state index is 6.30. The minimum absolute atomic E-state index is 0.710. The Morgan fingerprint density at radius 3 is 2.65 bits per heavy atom. The second kappa shape index (κ2) is 5.70. The minimum atomic E-state index is 0.710. The first-order valence-corrected chi connectivity index (χ1v) is 10.1. The highest BCUT2D eigenvalue weighted by molar-refractivity contribution is 7.99. The number of anilines is 1. The highest BCUT2D eigenvalue weighted by Gasteiger charge is 2.20. The number of imidazole rings is 1. The number of para-hydroxylation sites is 2. The lowest BCUT2D eigenvalue weighted by atomic mass is 10.2. The summed E-state index contributed by atoms with van der Waals surface area (Å²) in [5.41, 5.74) is 9.95. The van der Waals surface area contributed by atoms with Crippen molar-refractivity contribution in [2.24, 2.45) is 0 Å². The van der Waals surface area contributed by atoms with Crippen molar-refractivity contribution in [3.05, 3.63) is 24.3 Å². The number of thiophene rings is 1. The van der Waals surface area contributed by atoms with Crippen molar-refractivity contribution in [3.8, 4) is 11.4 Å². The maximum Gasteiger partial charge on any atom is 0.189 e. The highest BCUT2D eigenvalue weighted by atomic mass is 32.2. The molecule has 0 radical (unpaired) electrons. The molecular weight excluding hydrogens is 346 g/mol. The van der Waals surface area contributed by atoms with Gasteiger partial charge in [0.1, 0.15) is 10.9 Å². The fourth-order valence-corrected chi connectivity index (χ4v) is 4.63. The standard InChI is InChI=1S/C15H13N5S3/c1-21-14-11-10(19-15(20-14)22-2)9(12(16)23-11)13-17-7-5-3-4-6-8(7)18-13/h3-6H,16H2,1-2H3,(H,17,18). The number of nitrogen functional groups attached to an aromatic ring is 1. The van der Waals surface area contributed by atoms with Crippen molar-refractivity contribution in [2.75, 3.05) is 18.2 Å². The van der Waals surface area contributed by atoms with E-state index in [-0.39, 0.29) is 0 Å². The van der Waals surface area contributed by atoms with Gasteiger partial charge in [-0.05, 0) is 24.6 Å². The fraction of sp³-hybridized carbons (Fsp3) is 0.133. The van der Waals surface area contributed by atoms with Gasteiger partial charge in [-0.2, -0.15) is 0 Å². The summed E-state index contributed by atoms with van der Waals surface area (Å²) in [6, 6.07) is 7.95. The number of aromatic amines is 1. The van der Waals surface area contributed by atoms with E-state index in [2.05, 4.69) is 19.9 Å². The Bertz CT molecular complexity index is 988. The number of fused-ring (bicyclic) bond motifs is 2. The zero-order chi connectivity index (χ0) is 16.0. The van der Waals surface area contributed by atoms with Gasteiger partial charge < -0.3 is 10.7 Å². The quantitative estimate of drug-likeness (QED) is 0.323. The lowest BCUT2D eigenvalue weighted by molar-refractivity contribution is 0.940. The summed E-state index contributed by atoms with van der Waals surface area (Å²) in [6.07, 6.45) is 3.99. The number of nitrogens with two attached hydrogens (primary N) is 1. The van der Waals surface area contributed by atoms with Gasteiger partial charge in [0.15, 0.2) is 5.16 Å². The number of hydrogen-bond acceptors (Lipinski definition) is 7. The zero-order valence-electron chi connectivity index (χ0n) is 12.5. The van der Waals surface area contributed by atoms with Crippen LogP contribution in [0.5, 0.6) is 0 Å². The number of aromatic nitrogens is 4. The van der Waals surface area contributed by atoms with E-state index >= 15 is 0 Å². The smallest absolute Gasteiger partial charge is 0.189 e. The van der Waals surface area contributed by atoms with Gasteiger partial charge in [0.25, 0.3) is 0 Å². The molecule has 5 nitrogen and oxygen atoms in total. The summed E-state index contributed by atoms with van der Waals surface area (Å²) in [5, 5.41) is 2.41. The molecule has 0 aliphatic heterocycles. The molecule has 3 N–H and O–H groups in total. The van der Waals surface area contributed by atoms with E-state index in [4.69, 9.17) is 5.73 Å². The monoisotopic (exact) mass is 359 g/mol. The molecule has 0 atom stereocenters. The number of rotatable bonds is 3. The largest absolute Gasteiger partial charge is 0.390 e. The first-order valence-electron chi connectivity index (χ1n) is 6.84. The van der Waals surface area contributed by atoms with E-state index in [1.807, 2.05) is 36.8 Å². The van der Waals surface area contributed by atoms with Crippen molar-refractivity contribution in [2.45, 2.75) is 10.2 Å². The Balaban J connectivity index is 2.04. The van der Waals surface area contributed by atoms with Crippen molar-refractivity contribution in [3.63, 3.8) is 0 Å². The summed E-state index contributed by atoms with van der Waals surface area (Å²) < 4.78 is 1.02.